The number of rotatable bonds is 6. The van der Waals surface area contributed by atoms with Crippen molar-refractivity contribution in [2.75, 3.05) is 27.7 Å². The van der Waals surface area contributed by atoms with Crippen LogP contribution in [-0.4, -0.2) is 52.5 Å². The van der Waals surface area contributed by atoms with Crippen molar-refractivity contribution >= 4 is 11.3 Å². The smallest absolute Gasteiger partial charge is 0.163 e. The maximum absolute atomic E-state index is 10.5. The first kappa shape index (κ1) is 15.0. The molecular weight excluding hydrogens is 276 g/mol. The number of aryl methyl sites for hydroxylation is 1. The van der Waals surface area contributed by atoms with Gasteiger partial charge in [0, 0.05) is 11.9 Å². The number of likely N-dealkylation sites (N-methyl/N-ethyl adjacent to an activating group) is 1. The molecule has 0 saturated carbocycles. The van der Waals surface area contributed by atoms with Crippen LogP contribution in [0.3, 0.4) is 0 Å². The molecule has 6 nitrogen and oxygen atoms in total. The van der Waals surface area contributed by atoms with Crippen LogP contribution in [0.15, 0.2) is 11.6 Å². The van der Waals surface area contributed by atoms with Gasteiger partial charge in [-0.15, -0.1) is 11.3 Å². The minimum Gasteiger partial charge on any atom is -0.493 e. The third kappa shape index (κ3) is 3.17. The zero-order valence-corrected chi connectivity index (χ0v) is 13.0. The van der Waals surface area contributed by atoms with Crippen LogP contribution >= 0.6 is 11.3 Å². The van der Waals surface area contributed by atoms with E-state index in [0.29, 0.717) is 23.7 Å². The topological polar surface area (TPSA) is 63.4 Å². The molecule has 0 fully saturated rings. The molecule has 0 aliphatic rings. The van der Waals surface area contributed by atoms with Crippen LogP contribution in [0.25, 0.3) is 0 Å². The molecular formula is C13H20N4O2S. The lowest BCUT2D eigenvalue weighted by Crippen LogP contribution is -2.21. The normalized spacial score (nSPS) is 12.9. The van der Waals surface area contributed by atoms with Crippen LogP contribution in [0, 0.1) is 6.92 Å². The Labute approximate surface area is 122 Å². The first-order valence-electron chi connectivity index (χ1n) is 6.37. The van der Waals surface area contributed by atoms with Crippen LogP contribution < -0.4 is 4.74 Å². The second kappa shape index (κ2) is 6.34. The molecule has 20 heavy (non-hydrogen) atoms. The molecule has 0 spiro atoms. The summed E-state index contributed by atoms with van der Waals surface area (Å²) in [4.78, 5) is 6.41. The molecule has 0 aromatic carbocycles. The number of aromatic nitrogens is 3. The summed E-state index contributed by atoms with van der Waals surface area (Å²) in [5.74, 6) is 0.585. The Morgan fingerprint density at radius 2 is 2.25 bits per heavy atom. The SMILES string of the molecule is COc1cnn(CCN(C)C)c1C(O)c1csc(C)n1. The fraction of sp³-hybridized carbons (Fsp3) is 0.538. The monoisotopic (exact) mass is 296 g/mol. The predicted octanol–water partition coefficient (Wildman–Crippen LogP) is 1.30. The van der Waals surface area contributed by atoms with Gasteiger partial charge in [-0.25, -0.2) is 4.98 Å². The summed E-state index contributed by atoms with van der Waals surface area (Å²) in [5, 5.41) is 17.6. The standard InChI is InChI=1S/C13H20N4O2S/c1-9-15-10(8-20-9)13(18)12-11(19-4)7-14-17(12)6-5-16(2)3/h7-8,13,18H,5-6H2,1-4H3. The zero-order chi connectivity index (χ0) is 14.7. The van der Waals surface area contributed by atoms with Crippen LogP contribution in [0.4, 0.5) is 0 Å². The fourth-order valence-corrected chi connectivity index (χ4v) is 2.56. The molecule has 0 amide bonds. The van der Waals surface area contributed by atoms with Crippen molar-refractivity contribution < 1.29 is 9.84 Å². The quantitative estimate of drug-likeness (QED) is 0.870. The number of aliphatic hydroxyl groups is 1. The number of ether oxygens (including phenoxy) is 1. The predicted molar refractivity (Wildman–Crippen MR) is 78.2 cm³/mol. The van der Waals surface area contributed by atoms with E-state index in [1.165, 1.54) is 11.3 Å². The molecule has 1 unspecified atom stereocenters. The van der Waals surface area contributed by atoms with E-state index in [4.69, 9.17) is 4.74 Å². The third-order valence-corrected chi connectivity index (χ3v) is 3.79. The van der Waals surface area contributed by atoms with Gasteiger partial charge in [0.2, 0.25) is 0 Å². The van der Waals surface area contributed by atoms with Gasteiger partial charge in [0.1, 0.15) is 11.8 Å². The Balaban J connectivity index is 2.30. The molecule has 1 atom stereocenters. The molecule has 1 N–H and O–H groups in total. The van der Waals surface area contributed by atoms with Crippen molar-refractivity contribution in [3.8, 4) is 5.75 Å². The summed E-state index contributed by atoms with van der Waals surface area (Å²) in [6.45, 7) is 3.44. The molecule has 0 radical (unpaired) electrons. The second-order valence-electron chi connectivity index (χ2n) is 4.82. The maximum atomic E-state index is 10.5. The van der Waals surface area contributed by atoms with E-state index in [0.717, 1.165) is 11.6 Å². The van der Waals surface area contributed by atoms with E-state index in [9.17, 15) is 5.11 Å². The van der Waals surface area contributed by atoms with Gasteiger partial charge < -0.3 is 14.7 Å². The molecule has 2 aromatic rings. The van der Waals surface area contributed by atoms with Gasteiger partial charge >= 0.3 is 0 Å². The van der Waals surface area contributed by atoms with Gasteiger partial charge in [-0.3, -0.25) is 4.68 Å². The highest BCUT2D eigenvalue weighted by Gasteiger charge is 2.23. The van der Waals surface area contributed by atoms with E-state index in [1.807, 2.05) is 26.4 Å². The van der Waals surface area contributed by atoms with Crippen LogP contribution in [0.1, 0.15) is 22.5 Å². The first-order chi connectivity index (χ1) is 9.52. The van der Waals surface area contributed by atoms with Crippen molar-refractivity contribution in [2.24, 2.45) is 0 Å². The molecule has 2 rings (SSSR count). The van der Waals surface area contributed by atoms with Crippen molar-refractivity contribution in [1.29, 1.82) is 0 Å². The Hall–Kier alpha value is -1.44. The Bertz CT molecular complexity index is 564. The van der Waals surface area contributed by atoms with Crippen LogP contribution in [0.5, 0.6) is 5.75 Å². The van der Waals surface area contributed by atoms with Crippen molar-refractivity contribution in [2.45, 2.75) is 19.6 Å². The molecule has 2 aromatic heterocycles. The zero-order valence-electron chi connectivity index (χ0n) is 12.2. The Kier molecular flexibility index (Phi) is 4.74. The summed E-state index contributed by atoms with van der Waals surface area (Å²) in [5.41, 5.74) is 1.29. The number of thiazole rings is 1. The fourth-order valence-electron chi connectivity index (χ4n) is 1.93. The van der Waals surface area contributed by atoms with E-state index < -0.39 is 6.10 Å². The van der Waals surface area contributed by atoms with E-state index in [1.54, 1.807) is 18.0 Å². The lowest BCUT2D eigenvalue weighted by Gasteiger charge is -2.15. The number of hydrogen-bond acceptors (Lipinski definition) is 6. The highest BCUT2D eigenvalue weighted by atomic mass is 32.1. The van der Waals surface area contributed by atoms with Crippen molar-refractivity contribution in [1.82, 2.24) is 19.7 Å². The highest BCUT2D eigenvalue weighted by Crippen LogP contribution is 2.30. The van der Waals surface area contributed by atoms with Gasteiger partial charge in [-0.1, -0.05) is 0 Å². The van der Waals surface area contributed by atoms with Crippen molar-refractivity contribution in [3.05, 3.63) is 28.0 Å². The number of hydrogen-bond donors (Lipinski definition) is 1. The van der Waals surface area contributed by atoms with Gasteiger partial charge in [-0.2, -0.15) is 5.10 Å². The molecule has 0 aliphatic carbocycles. The minimum atomic E-state index is -0.820. The average Bonchev–Trinajstić information content (AvgIpc) is 3.01. The lowest BCUT2D eigenvalue weighted by molar-refractivity contribution is 0.196. The summed E-state index contributed by atoms with van der Waals surface area (Å²) < 4.78 is 7.08. The molecule has 110 valence electrons. The maximum Gasteiger partial charge on any atom is 0.163 e. The molecule has 0 aliphatic heterocycles. The minimum absolute atomic E-state index is 0.585. The lowest BCUT2D eigenvalue weighted by atomic mass is 10.2. The number of methoxy groups -OCH3 is 1. The van der Waals surface area contributed by atoms with Crippen LogP contribution in [-0.2, 0) is 6.54 Å². The average molecular weight is 296 g/mol. The first-order valence-corrected chi connectivity index (χ1v) is 7.25. The molecule has 7 heteroatoms. The van der Waals surface area contributed by atoms with E-state index in [-0.39, 0.29) is 0 Å². The van der Waals surface area contributed by atoms with Gasteiger partial charge in [-0.05, 0) is 21.0 Å². The van der Waals surface area contributed by atoms with Gasteiger partial charge in [0.25, 0.3) is 0 Å². The van der Waals surface area contributed by atoms with E-state index in [2.05, 4.69) is 15.0 Å². The molecule has 0 bridgehead atoms. The second-order valence-corrected chi connectivity index (χ2v) is 5.88. The highest BCUT2D eigenvalue weighted by molar-refractivity contribution is 7.09. The summed E-state index contributed by atoms with van der Waals surface area (Å²) >= 11 is 1.52. The summed E-state index contributed by atoms with van der Waals surface area (Å²) in [6.07, 6.45) is 0.813. The third-order valence-electron chi connectivity index (χ3n) is 3.00. The summed E-state index contributed by atoms with van der Waals surface area (Å²) in [6, 6.07) is 0. The van der Waals surface area contributed by atoms with E-state index >= 15 is 0 Å². The molecule has 2 heterocycles. The number of aliphatic hydroxyl groups excluding tert-OH is 1. The van der Waals surface area contributed by atoms with Gasteiger partial charge in [0.15, 0.2) is 5.75 Å². The Morgan fingerprint density at radius 1 is 1.50 bits per heavy atom. The molecule has 0 saturated heterocycles. The number of nitrogens with zero attached hydrogens (tertiary/aromatic N) is 4. The Morgan fingerprint density at radius 3 is 2.80 bits per heavy atom. The van der Waals surface area contributed by atoms with Crippen LogP contribution in [0.2, 0.25) is 0 Å². The largest absolute Gasteiger partial charge is 0.493 e. The van der Waals surface area contributed by atoms with Gasteiger partial charge in [0.05, 0.1) is 30.6 Å². The summed E-state index contributed by atoms with van der Waals surface area (Å²) in [7, 11) is 5.58. The van der Waals surface area contributed by atoms with Crippen molar-refractivity contribution in [3.63, 3.8) is 0 Å².